The predicted octanol–water partition coefficient (Wildman–Crippen LogP) is 2.44. The van der Waals surface area contributed by atoms with Crippen LogP contribution in [0.4, 0.5) is 0 Å². The molecule has 1 N–H and O–H groups in total. The Morgan fingerprint density at radius 3 is 2.58 bits per heavy atom. The molecule has 164 valence electrons. The number of carbonyl (C=O) groups is 1. The summed E-state index contributed by atoms with van der Waals surface area (Å²) in [4.78, 5) is 31.7. The Kier molecular flexibility index (Phi) is 5.98. The molecule has 4 rings (SSSR count). The fourth-order valence-electron chi connectivity index (χ4n) is 4.12. The molecule has 1 saturated heterocycles. The molecule has 1 aliphatic heterocycles. The minimum Gasteiger partial charge on any atom is -0.388 e. The van der Waals surface area contributed by atoms with Crippen molar-refractivity contribution in [3.63, 3.8) is 0 Å². The van der Waals surface area contributed by atoms with Crippen molar-refractivity contribution in [1.29, 1.82) is 0 Å². The number of fused-ring (bicyclic) bond motifs is 1. The molecule has 1 atom stereocenters. The minimum absolute atomic E-state index is 0.0944. The molecular weight excluding hydrogens is 462 g/mol. The van der Waals surface area contributed by atoms with Crippen LogP contribution in [0.1, 0.15) is 37.7 Å². The zero-order valence-electron chi connectivity index (χ0n) is 17.7. The van der Waals surface area contributed by atoms with Gasteiger partial charge in [-0.3, -0.25) is 18.8 Å². The third kappa shape index (κ3) is 4.43. The average Bonchev–Trinajstić information content (AvgIpc) is 3.05. The maximum Gasteiger partial charge on any atom is 0.281 e. The zero-order valence-corrected chi connectivity index (χ0v) is 19.2. The van der Waals surface area contributed by atoms with Crippen LogP contribution in [0.5, 0.6) is 0 Å². The van der Waals surface area contributed by atoms with Crippen LogP contribution >= 0.6 is 15.9 Å². The van der Waals surface area contributed by atoms with Gasteiger partial charge in [-0.25, -0.2) is 4.98 Å². The first kappa shape index (κ1) is 21.7. The van der Waals surface area contributed by atoms with E-state index in [1.807, 2.05) is 35.2 Å². The molecule has 0 saturated carbocycles. The number of benzene rings is 1. The topological polar surface area (TPSA) is 93.2 Å². The van der Waals surface area contributed by atoms with Crippen LogP contribution in [0.25, 0.3) is 11.0 Å². The largest absolute Gasteiger partial charge is 0.388 e. The third-order valence-corrected chi connectivity index (χ3v) is 6.99. The van der Waals surface area contributed by atoms with Gasteiger partial charge in [-0.2, -0.15) is 5.10 Å². The fourth-order valence-corrected chi connectivity index (χ4v) is 4.49. The van der Waals surface area contributed by atoms with Gasteiger partial charge in [0, 0.05) is 26.6 Å². The lowest BCUT2D eigenvalue weighted by atomic mass is 9.90. The molecule has 3 aromatic rings. The number of halogens is 1. The molecule has 8 nitrogen and oxygen atoms in total. The normalized spacial score (nSPS) is 17.1. The van der Waals surface area contributed by atoms with Crippen molar-refractivity contribution in [3.8, 4) is 0 Å². The highest BCUT2D eigenvalue weighted by molar-refractivity contribution is 9.10. The molecule has 0 aliphatic carbocycles. The second-order valence-electron chi connectivity index (χ2n) is 8.41. The van der Waals surface area contributed by atoms with Gasteiger partial charge in [-0.1, -0.05) is 37.3 Å². The molecule has 1 fully saturated rings. The number of aliphatic hydroxyl groups is 1. The van der Waals surface area contributed by atoms with E-state index in [0.29, 0.717) is 42.5 Å². The quantitative estimate of drug-likeness (QED) is 0.596. The summed E-state index contributed by atoms with van der Waals surface area (Å²) in [7, 11) is 1.73. The van der Waals surface area contributed by atoms with Gasteiger partial charge in [-0.05, 0) is 40.3 Å². The summed E-state index contributed by atoms with van der Waals surface area (Å²) in [6.07, 6.45) is 2.72. The number of aryl methyl sites for hydroxylation is 1. The number of nitrogens with zero attached hydrogens (tertiary/aromatic N) is 5. The molecule has 1 aliphatic rings. The smallest absolute Gasteiger partial charge is 0.281 e. The van der Waals surface area contributed by atoms with E-state index in [2.05, 4.69) is 32.9 Å². The lowest BCUT2D eigenvalue weighted by Crippen LogP contribution is -2.49. The van der Waals surface area contributed by atoms with E-state index < -0.39 is 5.60 Å². The number of rotatable bonds is 5. The molecule has 1 amide bonds. The Bertz CT molecular complexity index is 1150. The number of carbonyl (C=O) groups excluding carboxylic acids is 1. The number of hydrogen-bond donors (Lipinski definition) is 1. The maximum absolute atomic E-state index is 12.8. The van der Waals surface area contributed by atoms with Crippen LogP contribution in [0.3, 0.4) is 0 Å². The van der Waals surface area contributed by atoms with E-state index in [1.54, 1.807) is 11.7 Å². The number of amides is 1. The first-order valence-corrected chi connectivity index (χ1v) is 11.2. The van der Waals surface area contributed by atoms with Gasteiger partial charge in [0.05, 0.1) is 18.5 Å². The van der Waals surface area contributed by atoms with Gasteiger partial charge in [0.2, 0.25) is 5.91 Å². The molecule has 9 heteroatoms. The van der Waals surface area contributed by atoms with Gasteiger partial charge in [0.25, 0.3) is 5.56 Å². The number of likely N-dealkylation sites (tertiary alicyclic amines) is 1. The van der Waals surface area contributed by atoms with Crippen molar-refractivity contribution in [3.05, 3.63) is 57.2 Å². The summed E-state index contributed by atoms with van der Waals surface area (Å²) >= 11 is 3.37. The molecule has 0 radical (unpaired) electrons. The van der Waals surface area contributed by atoms with Gasteiger partial charge in [0.1, 0.15) is 10.1 Å². The SMILES string of the molecule is C[C@H](CC(=O)N1CCC(O)(Cn2cnc3c(Br)n(C)nc3c2=O)CC1)c1ccccc1. The van der Waals surface area contributed by atoms with Crippen molar-refractivity contribution in [1.82, 2.24) is 24.2 Å². The number of piperidine rings is 1. The number of hydrogen-bond acceptors (Lipinski definition) is 5. The summed E-state index contributed by atoms with van der Waals surface area (Å²) in [6.45, 7) is 3.12. The Labute approximate surface area is 188 Å². The maximum atomic E-state index is 12.8. The molecular formula is C22H26BrN5O3. The monoisotopic (exact) mass is 487 g/mol. The molecule has 0 spiro atoms. The van der Waals surface area contributed by atoms with E-state index in [4.69, 9.17) is 0 Å². The van der Waals surface area contributed by atoms with Crippen molar-refractivity contribution >= 4 is 32.9 Å². The molecule has 31 heavy (non-hydrogen) atoms. The van der Waals surface area contributed by atoms with E-state index >= 15 is 0 Å². The van der Waals surface area contributed by atoms with Gasteiger partial charge in [0.15, 0.2) is 5.52 Å². The molecule has 0 bridgehead atoms. The second kappa shape index (κ2) is 8.55. The van der Waals surface area contributed by atoms with Crippen molar-refractivity contribution < 1.29 is 9.90 Å². The molecule has 2 aromatic heterocycles. The van der Waals surface area contributed by atoms with Crippen LogP contribution in [0.2, 0.25) is 0 Å². The summed E-state index contributed by atoms with van der Waals surface area (Å²) in [5, 5.41) is 15.3. The molecule has 1 aromatic carbocycles. The standard InChI is InChI=1S/C22H26BrN5O3/c1-15(16-6-4-3-5-7-16)12-17(29)27-10-8-22(31,9-11-27)13-28-14-24-18-19(21(28)30)25-26(2)20(18)23/h3-7,14-15,31H,8-13H2,1-2H3/t15-/m1/s1. The van der Waals surface area contributed by atoms with Gasteiger partial charge < -0.3 is 10.0 Å². The Morgan fingerprint density at radius 1 is 1.23 bits per heavy atom. The van der Waals surface area contributed by atoms with Crippen molar-refractivity contribution in [2.75, 3.05) is 13.1 Å². The lowest BCUT2D eigenvalue weighted by Gasteiger charge is -2.38. The lowest BCUT2D eigenvalue weighted by molar-refractivity contribution is -0.136. The van der Waals surface area contributed by atoms with Crippen LogP contribution in [0.15, 0.2) is 46.1 Å². The summed E-state index contributed by atoms with van der Waals surface area (Å²) < 4.78 is 3.61. The highest BCUT2D eigenvalue weighted by Crippen LogP contribution is 2.27. The highest BCUT2D eigenvalue weighted by atomic mass is 79.9. The van der Waals surface area contributed by atoms with Crippen LogP contribution in [-0.4, -0.2) is 53.9 Å². The summed E-state index contributed by atoms with van der Waals surface area (Å²) in [6, 6.07) is 10.0. The first-order chi connectivity index (χ1) is 14.8. The van der Waals surface area contributed by atoms with E-state index in [9.17, 15) is 14.7 Å². The van der Waals surface area contributed by atoms with Crippen LogP contribution in [0, 0.1) is 0 Å². The highest BCUT2D eigenvalue weighted by Gasteiger charge is 2.35. The van der Waals surface area contributed by atoms with Gasteiger partial charge in [-0.15, -0.1) is 0 Å². The summed E-state index contributed by atoms with van der Waals surface area (Å²) in [5.41, 5.74) is 0.571. The van der Waals surface area contributed by atoms with Crippen molar-refractivity contribution in [2.24, 2.45) is 7.05 Å². The molecule has 3 heterocycles. The van der Waals surface area contributed by atoms with Gasteiger partial charge >= 0.3 is 0 Å². The minimum atomic E-state index is -1.06. The van der Waals surface area contributed by atoms with Crippen molar-refractivity contribution in [2.45, 2.75) is 44.2 Å². The Balaban J connectivity index is 1.40. The fraction of sp³-hybridized carbons (Fsp3) is 0.455. The number of aromatic nitrogens is 4. The predicted molar refractivity (Wildman–Crippen MR) is 121 cm³/mol. The van der Waals surface area contributed by atoms with Crippen LogP contribution < -0.4 is 5.56 Å². The Morgan fingerprint density at radius 2 is 1.90 bits per heavy atom. The molecule has 0 unspecified atom stereocenters. The van der Waals surface area contributed by atoms with Crippen LogP contribution in [-0.2, 0) is 18.4 Å². The van der Waals surface area contributed by atoms with E-state index in [1.165, 1.54) is 10.9 Å². The Hall–Kier alpha value is -2.52. The van der Waals surface area contributed by atoms with E-state index in [-0.39, 0.29) is 29.4 Å². The average molecular weight is 488 g/mol. The second-order valence-corrected chi connectivity index (χ2v) is 9.16. The van der Waals surface area contributed by atoms with E-state index in [0.717, 1.165) is 5.56 Å². The summed E-state index contributed by atoms with van der Waals surface area (Å²) in [5.74, 6) is 0.237. The zero-order chi connectivity index (χ0) is 22.2. The third-order valence-electron chi connectivity index (χ3n) is 6.10. The first-order valence-electron chi connectivity index (χ1n) is 10.4.